The molecule has 0 amide bonds. The van der Waals surface area contributed by atoms with Gasteiger partial charge in [0.05, 0.1) is 6.10 Å². The van der Waals surface area contributed by atoms with E-state index >= 15 is 0 Å². The second-order valence-electron chi connectivity index (χ2n) is 8.87. The summed E-state index contributed by atoms with van der Waals surface area (Å²) in [6, 6.07) is 17.2. The molecule has 0 bridgehead atoms. The lowest BCUT2D eigenvalue weighted by Crippen LogP contribution is -2.45. The van der Waals surface area contributed by atoms with E-state index in [1.54, 1.807) is 0 Å². The standard InChI is InChI=1S/C26H35NO2.ClH/c1-3-25(27)26(4-2)16-14-21(15-17-26)28-22-11-13-24-20(18-22)10-12-23(29-24)19-8-6-5-7-9-19;/h5-9,11,13,18,21,23,25H,3-4,10,12,14-17,27H2,1-2H3;1H. The van der Waals surface area contributed by atoms with Crippen molar-refractivity contribution in [1.29, 1.82) is 0 Å². The highest BCUT2D eigenvalue weighted by Crippen LogP contribution is 2.44. The molecule has 4 heteroatoms. The molecule has 1 aliphatic heterocycles. The zero-order valence-corrected chi connectivity index (χ0v) is 19.1. The molecule has 0 spiro atoms. The summed E-state index contributed by atoms with van der Waals surface area (Å²) in [5.74, 6) is 1.99. The molecule has 2 aromatic rings. The lowest BCUT2D eigenvalue weighted by Gasteiger charge is -2.43. The van der Waals surface area contributed by atoms with Crippen molar-refractivity contribution in [3.8, 4) is 11.5 Å². The summed E-state index contributed by atoms with van der Waals surface area (Å²) in [5, 5.41) is 0. The lowest BCUT2D eigenvalue weighted by molar-refractivity contribution is 0.0566. The zero-order valence-electron chi connectivity index (χ0n) is 18.3. The first-order chi connectivity index (χ1) is 14.1. The van der Waals surface area contributed by atoms with Gasteiger partial charge >= 0.3 is 0 Å². The smallest absolute Gasteiger partial charge is 0.124 e. The molecule has 1 aliphatic carbocycles. The maximum Gasteiger partial charge on any atom is 0.124 e. The number of halogens is 1. The number of ether oxygens (including phenoxy) is 2. The molecule has 164 valence electrons. The average Bonchev–Trinajstić information content (AvgIpc) is 2.79. The van der Waals surface area contributed by atoms with Gasteiger partial charge in [-0.2, -0.15) is 0 Å². The van der Waals surface area contributed by atoms with Crippen LogP contribution in [0.1, 0.15) is 76.0 Å². The minimum Gasteiger partial charge on any atom is -0.490 e. The number of hydrogen-bond acceptors (Lipinski definition) is 3. The minimum absolute atomic E-state index is 0. The Morgan fingerprint density at radius 3 is 2.47 bits per heavy atom. The molecular formula is C26H36ClNO2. The van der Waals surface area contributed by atoms with Crippen LogP contribution in [0.4, 0.5) is 0 Å². The second kappa shape index (κ2) is 10.1. The molecule has 1 saturated carbocycles. The first-order valence-corrected chi connectivity index (χ1v) is 11.4. The second-order valence-corrected chi connectivity index (χ2v) is 8.87. The van der Waals surface area contributed by atoms with Gasteiger partial charge in [0, 0.05) is 6.04 Å². The Kier molecular flexibility index (Phi) is 7.70. The van der Waals surface area contributed by atoms with E-state index in [1.807, 2.05) is 0 Å². The van der Waals surface area contributed by atoms with Gasteiger partial charge < -0.3 is 15.2 Å². The molecule has 2 atom stereocenters. The number of benzene rings is 2. The molecule has 0 saturated heterocycles. The molecule has 30 heavy (non-hydrogen) atoms. The quantitative estimate of drug-likeness (QED) is 0.560. The van der Waals surface area contributed by atoms with Crippen LogP contribution in [0.15, 0.2) is 48.5 Å². The first kappa shape index (κ1) is 23.0. The molecular weight excluding hydrogens is 394 g/mol. The Hall–Kier alpha value is -1.71. The Labute approximate surface area is 187 Å². The van der Waals surface area contributed by atoms with Crippen LogP contribution in [0.2, 0.25) is 0 Å². The summed E-state index contributed by atoms with van der Waals surface area (Å²) in [5.41, 5.74) is 9.30. The number of fused-ring (bicyclic) bond motifs is 1. The number of aryl methyl sites for hydroxylation is 1. The van der Waals surface area contributed by atoms with Crippen molar-refractivity contribution in [2.24, 2.45) is 11.1 Å². The molecule has 2 N–H and O–H groups in total. The summed E-state index contributed by atoms with van der Waals surface area (Å²) in [6.45, 7) is 4.51. The summed E-state index contributed by atoms with van der Waals surface area (Å²) >= 11 is 0. The van der Waals surface area contributed by atoms with Crippen molar-refractivity contribution in [3.63, 3.8) is 0 Å². The maximum atomic E-state index is 6.47. The lowest BCUT2D eigenvalue weighted by atomic mass is 9.66. The maximum absolute atomic E-state index is 6.47. The van der Waals surface area contributed by atoms with Gasteiger partial charge in [-0.25, -0.2) is 0 Å². The summed E-state index contributed by atoms with van der Waals surface area (Å²) in [7, 11) is 0. The number of rotatable bonds is 6. The minimum atomic E-state index is 0. The SMILES string of the molecule is CCC(N)C1(CC)CCC(Oc2ccc3c(c2)CCC(c2ccccc2)O3)CC1.Cl. The third kappa shape index (κ3) is 4.78. The van der Waals surface area contributed by atoms with E-state index in [-0.39, 0.29) is 18.5 Å². The molecule has 1 fully saturated rings. The van der Waals surface area contributed by atoms with E-state index in [4.69, 9.17) is 15.2 Å². The van der Waals surface area contributed by atoms with Crippen LogP contribution in [0.5, 0.6) is 11.5 Å². The third-order valence-corrected chi connectivity index (χ3v) is 7.31. The fourth-order valence-electron chi connectivity index (χ4n) is 5.24. The molecule has 2 aliphatic rings. The third-order valence-electron chi connectivity index (χ3n) is 7.31. The van der Waals surface area contributed by atoms with Gasteiger partial charge in [0.2, 0.25) is 0 Å². The van der Waals surface area contributed by atoms with Crippen LogP contribution in [0.25, 0.3) is 0 Å². The van der Waals surface area contributed by atoms with Crippen molar-refractivity contribution in [3.05, 3.63) is 59.7 Å². The van der Waals surface area contributed by atoms with Gasteiger partial charge in [-0.05, 0) is 86.1 Å². The van der Waals surface area contributed by atoms with Gasteiger partial charge in [0.1, 0.15) is 17.6 Å². The van der Waals surface area contributed by atoms with E-state index in [1.165, 1.54) is 30.4 Å². The van der Waals surface area contributed by atoms with Crippen LogP contribution in [-0.2, 0) is 6.42 Å². The van der Waals surface area contributed by atoms with E-state index in [9.17, 15) is 0 Å². The Morgan fingerprint density at radius 2 is 1.80 bits per heavy atom. The molecule has 1 heterocycles. The molecule has 3 nitrogen and oxygen atoms in total. The van der Waals surface area contributed by atoms with Crippen LogP contribution in [0.3, 0.4) is 0 Å². The summed E-state index contributed by atoms with van der Waals surface area (Å²) in [4.78, 5) is 0. The summed E-state index contributed by atoms with van der Waals surface area (Å²) in [6.07, 6.45) is 9.29. The van der Waals surface area contributed by atoms with Gasteiger partial charge in [-0.15, -0.1) is 12.4 Å². The highest BCUT2D eigenvalue weighted by molar-refractivity contribution is 5.85. The highest BCUT2D eigenvalue weighted by Gasteiger charge is 2.38. The van der Waals surface area contributed by atoms with Gasteiger partial charge in [0.15, 0.2) is 0 Å². The van der Waals surface area contributed by atoms with E-state index in [0.29, 0.717) is 17.6 Å². The van der Waals surface area contributed by atoms with Gasteiger partial charge in [-0.3, -0.25) is 0 Å². The van der Waals surface area contributed by atoms with Crippen LogP contribution in [-0.4, -0.2) is 12.1 Å². The Morgan fingerprint density at radius 1 is 1.07 bits per heavy atom. The van der Waals surface area contributed by atoms with Crippen molar-refractivity contribution in [2.75, 3.05) is 0 Å². The molecule has 0 radical (unpaired) electrons. The number of hydrogen-bond donors (Lipinski definition) is 1. The van der Waals surface area contributed by atoms with E-state index in [0.717, 1.165) is 43.6 Å². The molecule has 2 aromatic carbocycles. The van der Waals surface area contributed by atoms with Crippen molar-refractivity contribution < 1.29 is 9.47 Å². The molecule has 4 rings (SSSR count). The fraction of sp³-hybridized carbons (Fsp3) is 0.538. The van der Waals surface area contributed by atoms with Crippen molar-refractivity contribution >= 4 is 12.4 Å². The monoisotopic (exact) mass is 429 g/mol. The Balaban J connectivity index is 0.00000256. The van der Waals surface area contributed by atoms with Gasteiger partial charge in [-0.1, -0.05) is 44.2 Å². The van der Waals surface area contributed by atoms with E-state index in [2.05, 4.69) is 62.4 Å². The average molecular weight is 430 g/mol. The molecule has 2 unspecified atom stereocenters. The van der Waals surface area contributed by atoms with Crippen LogP contribution in [0, 0.1) is 5.41 Å². The predicted octanol–water partition coefficient (Wildman–Crippen LogP) is 6.63. The van der Waals surface area contributed by atoms with Crippen LogP contribution < -0.4 is 15.2 Å². The van der Waals surface area contributed by atoms with Gasteiger partial charge in [0.25, 0.3) is 0 Å². The topological polar surface area (TPSA) is 44.5 Å². The normalized spacial score (nSPS) is 26.6. The van der Waals surface area contributed by atoms with Crippen molar-refractivity contribution in [2.45, 2.75) is 83.5 Å². The fourth-order valence-corrected chi connectivity index (χ4v) is 5.24. The van der Waals surface area contributed by atoms with Crippen molar-refractivity contribution in [1.82, 2.24) is 0 Å². The molecule has 0 aromatic heterocycles. The zero-order chi connectivity index (χ0) is 20.3. The Bertz CT molecular complexity index is 802. The number of nitrogens with two attached hydrogens (primary N) is 1. The predicted molar refractivity (Wildman–Crippen MR) is 126 cm³/mol. The first-order valence-electron chi connectivity index (χ1n) is 11.4. The van der Waals surface area contributed by atoms with E-state index < -0.39 is 0 Å². The largest absolute Gasteiger partial charge is 0.490 e. The highest BCUT2D eigenvalue weighted by atomic mass is 35.5. The van der Waals surface area contributed by atoms with Crippen LogP contribution >= 0.6 is 12.4 Å². The summed E-state index contributed by atoms with van der Waals surface area (Å²) < 4.78 is 12.7.